The molecule has 1 atom stereocenters. The molecule has 0 aliphatic carbocycles. The van der Waals surface area contributed by atoms with Gasteiger partial charge in [0.1, 0.15) is 5.75 Å². The zero-order valence-corrected chi connectivity index (χ0v) is 20.0. The van der Waals surface area contributed by atoms with Crippen molar-refractivity contribution >= 4 is 35.6 Å². The van der Waals surface area contributed by atoms with Crippen LogP contribution < -0.4 is 15.0 Å². The van der Waals surface area contributed by atoms with Gasteiger partial charge in [0.2, 0.25) is 0 Å². The first-order valence-corrected chi connectivity index (χ1v) is 10.3. The standard InChI is InChI=1S/C21H34N4O3.HI/c1-22-21(23-9-5-14-27-17-20-8-4-15-28-20)25-12-10-24(11-13-25)18-6-3-7-19(16-18)26-2;/h3,6-7,16,20H,4-5,8-15,17H2,1-2H3,(H,22,23);1H. The Morgan fingerprint density at radius 2 is 2.10 bits per heavy atom. The predicted octanol–water partition coefficient (Wildman–Crippen LogP) is 2.60. The molecule has 0 aromatic heterocycles. The molecule has 2 aliphatic heterocycles. The van der Waals surface area contributed by atoms with Crippen molar-refractivity contribution < 1.29 is 14.2 Å². The Hall–Kier alpha value is -1.26. The Bertz CT molecular complexity index is 618. The van der Waals surface area contributed by atoms with Crippen molar-refractivity contribution in [3.8, 4) is 5.75 Å². The number of aliphatic imine (C=N–C) groups is 1. The minimum atomic E-state index is 0. The lowest BCUT2D eigenvalue weighted by molar-refractivity contribution is 0.0168. The summed E-state index contributed by atoms with van der Waals surface area (Å²) >= 11 is 0. The molecule has 29 heavy (non-hydrogen) atoms. The summed E-state index contributed by atoms with van der Waals surface area (Å²) in [4.78, 5) is 9.17. The molecule has 0 radical (unpaired) electrons. The van der Waals surface area contributed by atoms with E-state index < -0.39 is 0 Å². The fourth-order valence-electron chi connectivity index (χ4n) is 3.68. The minimum absolute atomic E-state index is 0. The minimum Gasteiger partial charge on any atom is -0.497 e. The average molecular weight is 518 g/mol. The van der Waals surface area contributed by atoms with Gasteiger partial charge in [-0.1, -0.05) is 6.07 Å². The molecule has 0 bridgehead atoms. The number of benzene rings is 1. The van der Waals surface area contributed by atoms with Gasteiger partial charge in [-0.15, -0.1) is 24.0 Å². The maximum atomic E-state index is 5.73. The van der Waals surface area contributed by atoms with E-state index >= 15 is 0 Å². The highest BCUT2D eigenvalue weighted by atomic mass is 127. The molecule has 0 saturated carbocycles. The van der Waals surface area contributed by atoms with E-state index in [0.29, 0.717) is 6.10 Å². The van der Waals surface area contributed by atoms with Gasteiger partial charge in [-0.3, -0.25) is 4.99 Å². The first kappa shape index (κ1) is 24.0. The quantitative estimate of drug-likeness (QED) is 0.247. The third kappa shape index (κ3) is 7.49. The van der Waals surface area contributed by atoms with Crippen LogP contribution >= 0.6 is 24.0 Å². The van der Waals surface area contributed by atoms with Crippen LogP contribution in [0, 0.1) is 0 Å². The Morgan fingerprint density at radius 3 is 2.79 bits per heavy atom. The molecule has 2 saturated heterocycles. The Balaban J connectivity index is 0.00000300. The summed E-state index contributed by atoms with van der Waals surface area (Å²) in [7, 11) is 3.56. The number of halogens is 1. The second-order valence-electron chi connectivity index (χ2n) is 7.21. The summed E-state index contributed by atoms with van der Waals surface area (Å²) in [6.45, 7) is 7.08. The van der Waals surface area contributed by atoms with Gasteiger partial charge in [0.25, 0.3) is 0 Å². The van der Waals surface area contributed by atoms with E-state index in [2.05, 4.69) is 32.2 Å². The first-order valence-electron chi connectivity index (χ1n) is 10.3. The summed E-state index contributed by atoms with van der Waals surface area (Å²) in [5.41, 5.74) is 1.21. The van der Waals surface area contributed by atoms with E-state index in [1.54, 1.807) is 7.11 Å². The van der Waals surface area contributed by atoms with E-state index in [0.717, 1.165) is 83.5 Å². The summed E-state index contributed by atoms with van der Waals surface area (Å²) in [6, 6.07) is 8.26. The second-order valence-corrected chi connectivity index (χ2v) is 7.21. The highest BCUT2D eigenvalue weighted by Crippen LogP contribution is 2.22. The van der Waals surface area contributed by atoms with Crippen molar-refractivity contribution in [2.75, 3.05) is 71.6 Å². The van der Waals surface area contributed by atoms with E-state index in [-0.39, 0.29) is 24.0 Å². The molecular weight excluding hydrogens is 483 g/mol. The van der Waals surface area contributed by atoms with E-state index in [1.165, 1.54) is 5.69 Å². The van der Waals surface area contributed by atoms with Crippen LogP contribution in [0.25, 0.3) is 0 Å². The molecule has 8 heteroatoms. The number of rotatable bonds is 8. The lowest BCUT2D eigenvalue weighted by atomic mass is 10.2. The van der Waals surface area contributed by atoms with Crippen LogP contribution in [0.5, 0.6) is 5.75 Å². The van der Waals surface area contributed by atoms with Crippen LogP contribution in [-0.4, -0.2) is 83.7 Å². The van der Waals surface area contributed by atoms with E-state index in [4.69, 9.17) is 14.2 Å². The molecule has 1 N–H and O–H groups in total. The number of guanidine groups is 1. The number of ether oxygens (including phenoxy) is 3. The van der Waals surface area contributed by atoms with Gasteiger partial charge in [-0.2, -0.15) is 0 Å². The predicted molar refractivity (Wildman–Crippen MR) is 128 cm³/mol. The lowest BCUT2D eigenvalue weighted by Gasteiger charge is -2.37. The highest BCUT2D eigenvalue weighted by Gasteiger charge is 2.20. The molecule has 164 valence electrons. The van der Waals surface area contributed by atoms with Gasteiger partial charge in [0.15, 0.2) is 5.96 Å². The smallest absolute Gasteiger partial charge is 0.193 e. The SMILES string of the molecule is CN=C(NCCCOCC1CCCO1)N1CCN(c2cccc(OC)c2)CC1.I. The number of hydrogen-bond donors (Lipinski definition) is 1. The first-order chi connectivity index (χ1) is 13.8. The van der Waals surface area contributed by atoms with Crippen LogP contribution in [0.2, 0.25) is 0 Å². The molecular formula is C21H35IN4O3. The zero-order valence-electron chi connectivity index (χ0n) is 17.6. The Morgan fingerprint density at radius 1 is 1.28 bits per heavy atom. The normalized spacial score (nSPS) is 19.8. The molecule has 0 amide bonds. The Labute approximate surface area is 191 Å². The Kier molecular flexibility index (Phi) is 10.9. The van der Waals surface area contributed by atoms with Crippen LogP contribution in [0.15, 0.2) is 29.3 Å². The van der Waals surface area contributed by atoms with Crippen LogP contribution in [-0.2, 0) is 9.47 Å². The third-order valence-electron chi connectivity index (χ3n) is 5.29. The van der Waals surface area contributed by atoms with Gasteiger partial charge in [-0.25, -0.2) is 0 Å². The zero-order chi connectivity index (χ0) is 19.6. The van der Waals surface area contributed by atoms with Crippen molar-refractivity contribution in [3.05, 3.63) is 24.3 Å². The number of anilines is 1. The van der Waals surface area contributed by atoms with Crippen molar-refractivity contribution in [2.24, 2.45) is 4.99 Å². The molecule has 2 heterocycles. The molecule has 0 spiro atoms. The molecule has 2 aliphatic rings. The van der Waals surface area contributed by atoms with Crippen molar-refractivity contribution in [1.29, 1.82) is 0 Å². The van der Waals surface area contributed by atoms with Crippen LogP contribution in [0.3, 0.4) is 0 Å². The molecule has 3 rings (SSSR count). The molecule has 1 aromatic carbocycles. The van der Waals surface area contributed by atoms with Gasteiger partial charge in [0, 0.05) is 64.7 Å². The van der Waals surface area contributed by atoms with E-state index in [1.807, 2.05) is 19.2 Å². The van der Waals surface area contributed by atoms with Crippen LogP contribution in [0.4, 0.5) is 5.69 Å². The van der Waals surface area contributed by atoms with Gasteiger partial charge in [-0.05, 0) is 31.4 Å². The molecule has 1 aromatic rings. The fraction of sp³-hybridized carbons (Fsp3) is 0.667. The van der Waals surface area contributed by atoms with Crippen LogP contribution in [0.1, 0.15) is 19.3 Å². The molecule has 1 unspecified atom stereocenters. The number of nitrogens with zero attached hydrogens (tertiary/aromatic N) is 3. The number of piperazine rings is 1. The lowest BCUT2D eigenvalue weighted by Crippen LogP contribution is -2.52. The second kappa shape index (κ2) is 13.1. The largest absolute Gasteiger partial charge is 0.497 e. The van der Waals surface area contributed by atoms with Crippen molar-refractivity contribution in [3.63, 3.8) is 0 Å². The highest BCUT2D eigenvalue weighted by molar-refractivity contribution is 14.0. The summed E-state index contributed by atoms with van der Waals surface area (Å²) in [5.74, 6) is 1.88. The fourth-order valence-corrected chi connectivity index (χ4v) is 3.68. The average Bonchev–Trinajstić information content (AvgIpc) is 3.27. The summed E-state index contributed by atoms with van der Waals surface area (Å²) in [6.07, 6.45) is 3.57. The third-order valence-corrected chi connectivity index (χ3v) is 5.29. The number of hydrogen-bond acceptors (Lipinski definition) is 5. The van der Waals surface area contributed by atoms with Gasteiger partial charge in [0.05, 0.1) is 19.8 Å². The van der Waals surface area contributed by atoms with Crippen molar-refractivity contribution in [1.82, 2.24) is 10.2 Å². The number of methoxy groups -OCH3 is 1. The monoisotopic (exact) mass is 518 g/mol. The van der Waals surface area contributed by atoms with Crippen molar-refractivity contribution in [2.45, 2.75) is 25.4 Å². The topological polar surface area (TPSA) is 58.6 Å². The number of nitrogens with one attached hydrogen (secondary N) is 1. The maximum Gasteiger partial charge on any atom is 0.193 e. The maximum absolute atomic E-state index is 5.73. The molecule has 7 nitrogen and oxygen atoms in total. The summed E-state index contributed by atoms with van der Waals surface area (Å²) in [5, 5.41) is 3.47. The van der Waals surface area contributed by atoms with E-state index in [9.17, 15) is 0 Å². The molecule has 2 fully saturated rings. The summed E-state index contributed by atoms with van der Waals surface area (Å²) < 4.78 is 16.6. The van der Waals surface area contributed by atoms with Gasteiger partial charge < -0.3 is 29.3 Å². The van der Waals surface area contributed by atoms with Gasteiger partial charge >= 0.3 is 0 Å².